The minimum absolute atomic E-state index is 0.0547. The topological polar surface area (TPSA) is 77.8 Å². The summed E-state index contributed by atoms with van der Waals surface area (Å²) < 4.78 is 0. The van der Waals surface area contributed by atoms with E-state index in [1.54, 1.807) is 6.07 Å². The number of carbonyl (C=O) groups excluding carboxylic acids is 1. The van der Waals surface area contributed by atoms with Crippen LogP contribution in [0.2, 0.25) is 0 Å². The molecule has 3 aromatic carbocycles. The van der Waals surface area contributed by atoms with Crippen LogP contribution < -0.4 is 10.9 Å². The highest BCUT2D eigenvalue weighted by atomic mass is 16.1. The molecular weight excluding hydrogens is 386 g/mol. The summed E-state index contributed by atoms with van der Waals surface area (Å²) >= 11 is 0. The molecule has 2 heterocycles. The molecule has 0 saturated carbocycles. The molecule has 0 aliphatic rings. The molecule has 0 aliphatic heterocycles. The lowest BCUT2D eigenvalue weighted by molar-refractivity contribution is -0.116. The third-order valence-corrected chi connectivity index (χ3v) is 5.49. The van der Waals surface area contributed by atoms with Gasteiger partial charge in [-0.1, -0.05) is 54.6 Å². The Balaban J connectivity index is 1.39. The number of aromatic nitrogens is 2. The Hall–Kier alpha value is -4.12. The highest BCUT2D eigenvalue weighted by Gasteiger charge is 2.11. The molecule has 0 bridgehead atoms. The van der Waals surface area contributed by atoms with Crippen molar-refractivity contribution in [3.8, 4) is 11.1 Å². The molecule has 0 spiro atoms. The molecule has 31 heavy (non-hydrogen) atoms. The molecule has 1 amide bonds. The van der Waals surface area contributed by atoms with Gasteiger partial charge in [0.1, 0.15) is 0 Å². The number of hydrogen-bond donors (Lipinski definition) is 3. The summed E-state index contributed by atoms with van der Waals surface area (Å²) in [6.45, 7) is 0. The molecule has 5 heteroatoms. The van der Waals surface area contributed by atoms with Crippen molar-refractivity contribution in [1.29, 1.82) is 0 Å². The monoisotopic (exact) mass is 407 g/mol. The molecule has 2 aromatic heterocycles. The van der Waals surface area contributed by atoms with Crippen LogP contribution in [0.3, 0.4) is 0 Å². The minimum Gasteiger partial charge on any atom is -0.361 e. The molecular formula is C26H21N3O2. The summed E-state index contributed by atoms with van der Waals surface area (Å²) in [5.74, 6) is -0.0547. The zero-order chi connectivity index (χ0) is 21.2. The number of amides is 1. The SMILES string of the molecule is O=C(CCc1ccccc1)Nc1ccc2cc(-c3c[nH]c4ccccc34)c(=O)[nH]c2c1. The van der Waals surface area contributed by atoms with Gasteiger partial charge in [0, 0.05) is 40.3 Å². The highest BCUT2D eigenvalue weighted by molar-refractivity contribution is 5.98. The van der Waals surface area contributed by atoms with Crippen LogP contribution in [0.15, 0.2) is 89.9 Å². The Labute approximate surface area is 178 Å². The number of nitrogens with one attached hydrogen (secondary N) is 3. The van der Waals surface area contributed by atoms with Gasteiger partial charge in [-0.05, 0) is 41.6 Å². The Bertz CT molecular complexity index is 1450. The van der Waals surface area contributed by atoms with E-state index in [4.69, 9.17) is 0 Å². The summed E-state index contributed by atoms with van der Waals surface area (Å²) in [6, 6.07) is 25.3. The lowest BCUT2D eigenvalue weighted by Crippen LogP contribution is -2.13. The van der Waals surface area contributed by atoms with Crippen LogP contribution in [0.1, 0.15) is 12.0 Å². The van der Waals surface area contributed by atoms with Crippen LogP contribution in [0.5, 0.6) is 0 Å². The van der Waals surface area contributed by atoms with E-state index in [1.807, 2.05) is 79.0 Å². The quantitative estimate of drug-likeness (QED) is 0.372. The van der Waals surface area contributed by atoms with Crippen LogP contribution in [-0.4, -0.2) is 15.9 Å². The van der Waals surface area contributed by atoms with E-state index in [0.29, 0.717) is 29.6 Å². The summed E-state index contributed by atoms with van der Waals surface area (Å²) in [6.07, 6.45) is 2.95. The number of anilines is 1. The molecule has 0 aliphatic carbocycles. The van der Waals surface area contributed by atoms with Gasteiger partial charge < -0.3 is 15.3 Å². The molecule has 5 aromatic rings. The fourth-order valence-corrected chi connectivity index (χ4v) is 3.90. The average Bonchev–Trinajstić information content (AvgIpc) is 3.22. The van der Waals surface area contributed by atoms with Crippen LogP contribution in [0.4, 0.5) is 5.69 Å². The lowest BCUT2D eigenvalue weighted by Gasteiger charge is -2.08. The van der Waals surface area contributed by atoms with Crippen molar-refractivity contribution in [3.05, 3.63) is 101 Å². The van der Waals surface area contributed by atoms with Crippen molar-refractivity contribution in [2.24, 2.45) is 0 Å². The third kappa shape index (κ3) is 3.85. The normalized spacial score (nSPS) is 11.1. The largest absolute Gasteiger partial charge is 0.361 e. The maximum Gasteiger partial charge on any atom is 0.256 e. The van der Waals surface area contributed by atoms with E-state index >= 15 is 0 Å². The average molecular weight is 407 g/mol. The van der Waals surface area contributed by atoms with Gasteiger partial charge >= 0.3 is 0 Å². The number of H-pyrrole nitrogens is 2. The van der Waals surface area contributed by atoms with E-state index in [9.17, 15) is 9.59 Å². The molecule has 0 saturated heterocycles. The molecule has 0 atom stereocenters. The summed E-state index contributed by atoms with van der Waals surface area (Å²) in [7, 11) is 0. The predicted molar refractivity (Wildman–Crippen MR) is 125 cm³/mol. The second-order valence-corrected chi connectivity index (χ2v) is 7.60. The maximum absolute atomic E-state index is 12.8. The Morgan fingerprint density at radius 2 is 1.65 bits per heavy atom. The second-order valence-electron chi connectivity index (χ2n) is 7.60. The summed E-state index contributed by atoms with van der Waals surface area (Å²) in [4.78, 5) is 31.3. The van der Waals surface area contributed by atoms with Crippen molar-refractivity contribution < 1.29 is 4.79 Å². The number of carbonyl (C=O) groups is 1. The first kappa shape index (κ1) is 18.9. The fraction of sp³-hybridized carbons (Fsp3) is 0.0769. The van der Waals surface area contributed by atoms with Crippen LogP contribution >= 0.6 is 0 Å². The fourth-order valence-electron chi connectivity index (χ4n) is 3.90. The van der Waals surface area contributed by atoms with E-state index in [1.165, 1.54) is 0 Å². The molecule has 0 radical (unpaired) electrons. The van der Waals surface area contributed by atoms with Gasteiger partial charge in [0.2, 0.25) is 5.91 Å². The molecule has 5 rings (SSSR count). The van der Waals surface area contributed by atoms with Gasteiger partial charge in [0.05, 0.1) is 5.52 Å². The minimum atomic E-state index is -0.162. The van der Waals surface area contributed by atoms with Gasteiger partial charge in [-0.25, -0.2) is 0 Å². The Morgan fingerprint density at radius 3 is 2.52 bits per heavy atom. The first-order chi connectivity index (χ1) is 15.2. The van der Waals surface area contributed by atoms with Gasteiger partial charge in [-0.3, -0.25) is 9.59 Å². The smallest absolute Gasteiger partial charge is 0.256 e. The lowest BCUT2D eigenvalue weighted by atomic mass is 10.0. The van der Waals surface area contributed by atoms with Crippen molar-refractivity contribution in [1.82, 2.24) is 9.97 Å². The molecule has 5 nitrogen and oxygen atoms in total. The van der Waals surface area contributed by atoms with Crippen molar-refractivity contribution in [3.63, 3.8) is 0 Å². The number of rotatable bonds is 5. The van der Waals surface area contributed by atoms with Crippen molar-refractivity contribution >= 4 is 33.4 Å². The number of para-hydroxylation sites is 1. The van der Waals surface area contributed by atoms with Crippen molar-refractivity contribution in [2.45, 2.75) is 12.8 Å². The van der Waals surface area contributed by atoms with Gasteiger partial charge in [0.25, 0.3) is 5.56 Å². The van der Waals surface area contributed by atoms with Gasteiger partial charge in [0.15, 0.2) is 0 Å². The number of pyridine rings is 1. The second kappa shape index (κ2) is 7.95. The predicted octanol–water partition coefficient (Wildman–Crippen LogP) is 5.25. The summed E-state index contributed by atoms with van der Waals surface area (Å²) in [5.41, 5.74) is 4.80. The molecule has 0 unspecified atom stereocenters. The Morgan fingerprint density at radius 1 is 0.839 bits per heavy atom. The highest BCUT2D eigenvalue weighted by Crippen LogP contribution is 2.28. The van der Waals surface area contributed by atoms with Crippen LogP contribution in [0.25, 0.3) is 32.9 Å². The van der Waals surface area contributed by atoms with Gasteiger partial charge in [-0.2, -0.15) is 0 Å². The van der Waals surface area contributed by atoms with Crippen LogP contribution in [0, 0.1) is 0 Å². The first-order valence-electron chi connectivity index (χ1n) is 10.2. The van der Waals surface area contributed by atoms with E-state index < -0.39 is 0 Å². The standard InChI is InChI=1S/C26H21N3O2/c30-25(13-10-17-6-2-1-3-7-17)28-19-12-11-18-14-21(26(31)29-24(18)15-19)22-16-27-23-9-5-4-8-20(22)23/h1-9,11-12,14-16,27H,10,13H2,(H,28,30)(H,29,31). The zero-order valence-corrected chi connectivity index (χ0v) is 16.8. The molecule has 3 N–H and O–H groups in total. The van der Waals surface area contributed by atoms with Crippen molar-refractivity contribution in [2.75, 3.05) is 5.32 Å². The molecule has 0 fully saturated rings. The first-order valence-corrected chi connectivity index (χ1v) is 10.2. The number of aryl methyl sites for hydroxylation is 1. The van der Waals surface area contributed by atoms with Crippen LogP contribution in [-0.2, 0) is 11.2 Å². The maximum atomic E-state index is 12.8. The van der Waals surface area contributed by atoms with Gasteiger partial charge in [-0.15, -0.1) is 0 Å². The number of aromatic amines is 2. The zero-order valence-electron chi connectivity index (χ0n) is 16.8. The van der Waals surface area contributed by atoms with E-state index in [0.717, 1.165) is 27.4 Å². The molecule has 152 valence electrons. The number of benzene rings is 3. The van der Waals surface area contributed by atoms with E-state index in [2.05, 4.69) is 15.3 Å². The third-order valence-electron chi connectivity index (χ3n) is 5.49. The Kier molecular flexibility index (Phi) is 4.84. The number of hydrogen-bond acceptors (Lipinski definition) is 2. The summed E-state index contributed by atoms with van der Waals surface area (Å²) in [5, 5.41) is 4.84. The van der Waals surface area contributed by atoms with E-state index in [-0.39, 0.29) is 11.5 Å². The number of fused-ring (bicyclic) bond motifs is 2.